The third-order valence-electron chi connectivity index (χ3n) is 3.40. The third-order valence-corrected chi connectivity index (χ3v) is 4.27. The van der Waals surface area contributed by atoms with Crippen LogP contribution in [-0.2, 0) is 6.61 Å². The van der Waals surface area contributed by atoms with Gasteiger partial charge in [-0.2, -0.15) is 0 Å². The summed E-state index contributed by atoms with van der Waals surface area (Å²) in [4.78, 5) is 0. The smallest absolute Gasteiger partial charge is 0.313 e. The van der Waals surface area contributed by atoms with Crippen molar-refractivity contribution in [3.8, 4) is 5.75 Å². The molecule has 0 saturated carbocycles. The van der Waals surface area contributed by atoms with Crippen LogP contribution in [0.1, 0.15) is 22.6 Å². The molecule has 0 radical (unpaired) electrons. The largest absolute Gasteiger partial charge is 0.486 e. The average molecular weight is 421 g/mol. The molecule has 0 bridgehead atoms. The third kappa shape index (κ3) is 4.61. The summed E-state index contributed by atoms with van der Waals surface area (Å²) in [5, 5.41) is 7.86. The summed E-state index contributed by atoms with van der Waals surface area (Å²) in [5.41, 5.74) is 8.53. The Balaban J connectivity index is 1.73. The average Bonchev–Trinajstić information content (AvgIpc) is 2.99. The van der Waals surface area contributed by atoms with Crippen molar-refractivity contribution in [2.75, 3.05) is 5.73 Å². The fourth-order valence-corrected chi connectivity index (χ4v) is 3.12. The van der Waals surface area contributed by atoms with Crippen LogP contribution in [0.4, 0.5) is 6.01 Å². The second-order valence-corrected chi connectivity index (χ2v) is 6.66. The molecule has 0 saturated heterocycles. The van der Waals surface area contributed by atoms with Crippen molar-refractivity contribution in [2.24, 2.45) is 0 Å². The molecule has 7 heteroatoms. The molecular weight excluding hydrogens is 406 g/mol. The van der Waals surface area contributed by atoms with E-state index in [1.165, 1.54) is 5.56 Å². The maximum atomic E-state index is 6.35. The first kappa shape index (κ1) is 17.5. The SMILES string of the molecule is Cc1ccc(COc2c(Cl)cc(/C=C/c3nnc(N)o3)cc2Br)cc1. The molecule has 2 N–H and O–H groups in total. The molecule has 1 aromatic heterocycles. The van der Waals surface area contributed by atoms with Crippen molar-refractivity contribution in [2.45, 2.75) is 13.5 Å². The molecular formula is C18H15BrClN3O2. The number of halogens is 2. The molecule has 0 fully saturated rings. The fourth-order valence-electron chi connectivity index (χ4n) is 2.13. The van der Waals surface area contributed by atoms with Gasteiger partial charge in [0.05, 0.1) is 9.50 Å². The number of rotatable bonds is 5. The van der Waals surface area contributed by atoms with Gasteiger partial charge in [-0.1, -0.05) is 46.5 Å². The van der Waals surface area contributed by atoms with Gasteiger partial charge in [0.2, 0.25) is 5.89 Å². The van der Waals surface area contributed by atoms with Crippen molar-refractivity contribution in [1.82, 2.24) is 10.2 Å². The predicted octanol–water partition coefficient (Wildman–Crippen LogP) is 5.13. The second kappa shape index (κ2) is 7.72. The van der Waals surface area contributed by atoms with Crippen LogP contribution in [0.5, 0.6) is 5.75 Å². The van der Waals surface area contributed by atoms with Crippen LogP contribution in [0.25, 0.3) is 12.2 Å². The van der Waals surface area contributed by atoms with E-state index in [0.29, 0.717) is 23.3 Å². The molecule has 25 heavy (non-hydrogen) atoms. The van der Waals surface area contributed by atoms with Crippen LogP contribution in [0, 0.1) is 6.92 Å². The van der Waals surface area contributed by atoms with Gasteiger partial charge in [-0.3, -0.25) is 0 Å². The zero-order valence-corrected chi connectivity index (χ0v) is 15.7. The molecule has 128 valence electrons. The minimum atomic E-state index is 0.0266. The fraction of sp³-hybridized carbons (Fsp3) is 0.111. The van der Waals surface area contributed by atoms with Crippen molar-refractivity contribution in [3.63, 3.8) is 0 Å². The number of hydrogen-bond donors (Lipinski definition) is 1. The van der Waals surface area contributed by atoms with E-state index in [1.807, 2.05) is 37.3 Å². The Morgan fingerprint density at radius 2 is 1.96 bits per heavy atom. The van der Waals surface area contributed by atoms with Crippen LogP contribution in [0.3, 0.4) is 0 Å². The summed E-state index contributed by atoms with van der Waals surface area (Å²) in [6.07, 6.45) is 3.46. The van der Waals surface area contributed by atoms with Crippen LogP contribution < -0.4 is 10.5 Å². The first-order valence-corrected chi connectivity index (χ1v) is 8.63. The van der Waals surface area contributed by atoms with Gasteiger partial charge in [0, 0.05) is 6.08 Å². The number of nitrogen functional groups attached to an aromatic ring is 1. The monoisotopic (exact) mass is 419 g/mol. The highest BCUT2D eigenvalue weighted by Crippen LogP contribution is 2.35. The lowest BCUT2D eigenvalue weighted by Gasteiger charge is -2.11. The van der Waals surface area contributed by atoms with Crippen LogP contribution in [0.15, 0.2) is 45.3 Å². The molecule has 1 heterocycles. The highest BCUT2D eigenvalue weighted by Gasteiger charge is 2.09. The number of anilines is 1. The number of hydrogen-bond acceptors (Lipinski definition) is 5. The summed E-state index contributed by atoms with van der Waals surface area (Å²) in [7, 11) is 0. The lowest BCUT2D eigenvalue weighted by atomic mass is 10.1. The minimum absolute atomic E-state index is 0.0266. The minimum Gasteiger partial charge on any atom is -0.486 e. The summed E-state index contributed by atoms with van der Waals surface area (Å²) >= 11 is 9.85. The summed E-state index contributed by atoms with van der Waals surface area (Å²) in [6, 6.07) is 11.9. The molecule has 0 spiro atoms. The van der Waals surface area contributed by atoms with Crippen molar-refractivity contribution in [1.29, 1.82) is 0 Å². The van der Waals surface area contributed by atoms with Crippen LogP contribution in [-0.4, -0.2) is 10.2 Å². The van der Waals surface area contributed by atoms with Crippen molar-refractivity contribution < 1.29 is 9.15 Å². The van der Waals surface area contributed by atoms with Gasteiger partial charge in [-0.15, -0.1) is 5.10 Å². The molecule has 3 rings (SSSR count). The normalized spacial score (nSPS) is 11.2. The predicted molar refractivity (Wildman–Crippen MR) is 102 cm³/mol. The van der Waals surface area contributed by atoms with Gasteiger partial charge in [-0.05, 0) is 52.2 Å². The number of nitrogens with two attached hydrogens (primary N) is 1. The Hall–Kier alpha value is -2.31. The van der Waals surface area contributed by atoms with Crippen LogP contribution in [0.2, 0.25) is 5.02 Å². The van der Waals surface area contributed by atoms with Crippen molar-refractivity contribution in [3.05, 3.63) is 68.5 Å². The molecule has 3 aromatic rings. The number of aromatic nitrogens is 2. The van der Waals surface area contributed by atoms with Crippen LogP contribution >= 0.6 is 27.5 Å². The maximum Gasteiger partial charge on any atom is 0.313 e. The molecule has 0 atom stereocenters. The topological polar surface area (TPSA) is 74.2 Å². The number of aryl methyl sites for hydroxylation is 1. The van der Waals surface area contributed by atoms with Crippen molar-refractivity contribution >= 4 is 45.7 Å². The van der Waals surface area contributed by atoms with Gasteiger partial charge >= 0.3 is 6.01 Å². The van der Waals surface area contributed by atoms with Gasteiger partial charge in [0.25, 0.3) is 0 Å². The van der Waals surface area contributed by atoms with Gasteiger partial charge in [-0.25, -0.2) is 0 Å². The summed E-state index contributed by atoms with van der Waals surface area (Å²) in [6.45, 7) is 2.49. The van der Waals surface area contributed by atoms with Gasteiger partial charge < -0.3 is 14.9 Å². The first-order chi connectivity index (χ1) is 12.0. The standard InChI is InChI=1S/C18H15BrClN3O2/c1-11-2-4-12(5-3-11)10-24-17-14(19)8-13(9-15(17)20)6-7-16-22-23-18(21)25-16/h2-9H,10H2,1H3,(H2,21,23)/b7-6+. The molecule has 0 unspecified atom stereocenters. The molecule has 0 amide bonds. The highest BCUT2D eigenvalue weighted by atomic mass is 79.9. The van der Waals surface area contributed by atoms with E-state index >= 15 is 0 Å². The lowest BCUT2D eigenvalue weighted by molar-refractivity contribution is 0.304. The zero-order chi connectivity index (χ0) is 17.8. The van der Waals surface area contributed by atoms with E-state index in [4.69, 9.17) is 26.5 Å². The first-order valence-electron chi connectivity index (χ1n) is 7.46. The highest BCUT2D eigenvalue weighted by molar-refractivity contribution is 9.10. The Morgan fingerprint density at radius 1 is 1.20 bits per heavy atom. The summed E-state index contributed by atoms with van der Waals surface area (Å²) < 4.78 is 11.7. The molecule has 0 aliphatic carbocycles. The molecule has 0 aliphatic rings. The number of ether oxygens (including phenoxy) is 1. The lowest BCUT2D eigenvalue weighted by Crippen LogP contribution is -1.97. The Labute approximate surface area is 158 Å². The van der Waals surface area contributed by atoms with E-state index in [0.717, 1.165) is 15.6 Å². The summed E-state index contributed by atoms with van der Waals surface area (Å²) in [5.74, 6) is 0.922. The number of nitrogens with zero attached hydrogens (tertiary/aromatic N) is 2. The molecule has 2 aromatic carbocycles. The quantitative estimate of drug-likeness (QED) is 0.619. The van der Waals surface area contributed by atoms with E-state index in [-0.39, 0.29) is 6.01 Å². The Morgan fingerprint density at radius 3 is 2.60 bits per heavy atom. The van der Waals surface area contributed by atoms with E-state index in [2.05, 4.69) is 26.1 Å². The Kier molecular flexibility index (Phi) is 5.40. The zero-order valence-electron chi connectivity index (χ0n) is 13.4. The maximum absolute atomic E-state index is 6.35. The second-order valence-electron chi connectivity index (χ2n) is 5.40. The molecule has 0 aliphatic heterocycles. The van der Waals surface area contributed by atoms with Gasteiger partial charge in [0.1, 0.15) is 6.61 Å². The Bertz CT molecular complexity index is 884. The van der Waals surface area contributed by atoms with E-state index in [1.54, 1.807) is 18.2 Å². The molecule has 5 nitrogen and oxygen atoms in total. The number of benzene rings is 2. The van der Waals surface area contributed by atoms with E-state index < -0.39 is 0 Å². The van der Waals surface area contributed by atoms with E-state index in [9.17, 15) is 0 Å². The van der Waals surface area contributed by atoms with Gasteiger partial charge in [0.15, 0.2) is 5.75 Å².